The molecule has 1 heterocycles. The van der Waals surface area contributed by atoms with Crippen molar-refractivity contribution in [3.05, 3.63) is 30.1 Å². The first-order valence-corrected chi connectivity index (χ1v) is 6.47. The molecule has 0 saturated carbocycles. The van der Waals surface area contributed by atoms with E-state index in [2.05, 4.69) is 24.9 Å². The van der Waals surface area contributed by atoms with Crippen molar-refractivity contribution in [3.8, 4) is 0 Å². The molecule has 0 saturated heterocycles. The second kappa shape index (κ2) is 6.72. The van der Waals surface area contributed by atoms with Gasteiger partial charge in [-0.25, -0.2) is 0 Å². The van der Waals surface area contributed by atoms with Crippen LogP contribution in [-0.2, 0) is 11.2 Å². The predicted octanol–water partition coefficient (Wildman–Crippen LogP) is 2.55. The summed E-state index contributed by atoms with van der Waals surface area (Å²) >= 11 is 0. The summed E-state index contributed by atoms with van der Waals surface area (Å²) in [6.45, 7) is 7.02. The number of nitrogens with two attached hydrogens (primary N) is 1. The Morgan fingerprint density at radius 3 is 2.53 bits per heavy atom. The Morgan fingerprint density at radius 1 is 1.35 bits per heavy atom. The zero-order valence-corrected chi connectivity index (χ0v) is 11.1. The van der Waals surface area contributed by atoms with Crippen LogP contribution in [0.5, 0.6) is 0 Å². The van der Waals surface area contributed by atoms with Crippen molar-refractivity contribution in [2.24, 2.45) is 5.73 Å². The second-order valence-electron chi connectivity index (χ2n) is 4.38. The molecule has 17 heavy (non-hydrogen) atoms. The minimum atomic E-state index is -0.204. The Balaban J connectivity index is 2.75. The Labute approximate surface area is 104 Å². The highest BCUT2D eigenvalue weighted by Gasteiger charge is 2.33. The van der Waals surface area contributed by atoms with Crippen molar-refractivity contribution in [1.82, 2.24) is 4.98 Å². The van der Waals surface area contributed by atoms with Gasteiger partial charge >= 0.3 is 0 Å². The summed E-state index contributed by atoms with van der Waals surface area (Å²) in [7, 11) is 0. The first-order chi connectivity index (χ1) is 8.18. The molecule has 1 rings (SSSR count). The molecule has 0 aromatic carbocycles. The molecule has 1 atom stereocenters. The molecule has 0 aliphatic carbocycles. The van der Waals surface area contributed by atoms with E-state index < -0.39 is 0 Å². The van der Waals surface area contributed by atoms with Crippen molar-refractivity contribution in [2.45, 2.75) is 51.7 Å². The average Bonchev–Trinajstić information content (AvgIpc) is 2.37. The number of pyridine rings is 1. The van der Waals surface area contributed by atoms with Crippen LogP contribution in [0.15, 0.2) is 24.5 Å². The van der Waals surface area contributed by atoms with Gasteiger partial charge < -0.3 is 10.5 Å². The number of hydrogen-bond acceptors (Lipinski definition) is 3. The molecule has 96 valence electrons. The van der Waals surface area contributed by atoms with Crippen molar-refractivity contribution >= 4 is 0 Å². The van der Waals surface area contributed by atoms with Gasteiger partial charge in [0.05, 0.1) is 5.60 Å². The molecule has 0 fully saturated rings. The third-order valence-corrected chi connectivity index (χ3v) is 3.48. The second-order valence-corrected chi connectivity index (χ2v) is 4.38. The van der Waals surface area contributed by atoms with E-state index in [4.69, 9.17) is 10.5 Å². The van der Waals surface area contributed by atoms with E-state index in [1.54, 1.807) is 6.20 Å². The molecule has 1 aromatic rings. The number of aromatic nitrogens is 1. The Hall–Kier alpha value is -0.930. The molecule has 0 amide bonds. The Bertz CT molecular complexity index is 309. The van der Waals surface area contributed by atoms with Gasteiger partial charge in [0.15, 0.2) is 0 Å². The van der Waals surface area contributed by atoms with Crippen molar-refractivity contribution in [2.75, 3.05) is 6.61 Å². The van der Waals surface area contributed by atoms with Gasteiger partial charge in [-0.3, -0.25) is 4.98 Å². The average molecular weight is 236 g/mol. The van der Waals surface area contributed by atoms with Crippen molar-refractivity contribution < 1.29 is 4.74 Å². The molecule has 0 radical (unpaired) electrons. The van der Waals surface area contributed by atoms with Crippen molar-refractivity contribution in [3.63, 3.8) is 0 Å². The van der Waals surface area contributed by atoms with Gasteiger partial charge in [-0.15, -0.1) is 0 Å². The number of hydrogen-bond donors (Lipinski definition) is 1. The van der Waals surface area contributed by atoms with Gasteiger partial charge in [-0.05, 0) is 37.8 Å². The molecule has 0 aliphatic heterocycles. The number of ether oxygens (including phenoxy) is 1. The molecule has 2 N–H and O–H groups in total. The zero-order valence-electron chi connectivity index (χ0n) is 11.1. The van der Waals surface area contributed by atoms with Crippen LogP contribution in [0.3, 0.4) is 0 Å². The third-order valence-electron chi connectivity index (χ3n) is 3.48. The normalized spacial score (nSPS) is 13.6. The molecule has 0 aliphatic rings. The highest BCUT2D eigenvalue weighted by Crippen LogP contribution is 2.25. The lowest BCUT2D eigenvalue weighted by molar-refractivity contribution is -0.0633. The summed E-state index contributed by atoms with van der Waals surface area (Å²) in [5.74, 6) is 0. The fourth-order valence-corrected chi connectivity index (χ4v) is 2.33. The summed E-state index contributed by atoms with van der Waals surface area (Å²) in [6, 6.07) is 4.03. The van der Waals surface area contributed by atoms with E-state index >= 15 is 0 Å². The molecule has 3 heteroatoms. The van der Waals surface area contributed by atoms with E-state index in [1.165, 1.54) is 5.56 Å². The molecule has 3 nitrogen and oxygen atoms in total. The first-order valence-electron chi connectivity index (χ1n) is 6.47. The molecular formula is C14H24N2O. The smallest absolute Gasteiger partial charge is 0.0830 e. The minimum Gasteiger partial charge on any atom is -0.374 e. The van der Waals surface area contributed by atoms with Gasteiger partial charge in [0.25, 0.3) is 0 Å². The summed E-state index contributed by atoms with van der Waals surface area (Å²) in [5.41, 5.74) is 7.31. The van der Waals surface area contributed by atoms with Gasteiger partial charge in [0, 0.05) is 25.0 Å². The molecule has 1 unspecified atom stereocenters. The van der Waals surface area contributed by atoms with E-state index in [1.807, 2.05) is 19.2 Å². The van der Waals surface area contributed by atoms with Gasteiger partial charge in [0.1, 0.15) is 0 Å². The summed E-state index contributed by atoms with van der Waals surface area (Å²) in [6.07, 6.45) is 6.36. The van der Waals surface area contributed by atoms with Crippen molar-refractivity contribution in [1.29, 1.82) is 0 Å². The van der Waals surface area contributed by atoms with Crippen LogP contribution in [0.4, 0.5) is 0 Å². The lowest BCUT2D eigenvalue weighted by Crippen LogP contribution is -2.50. The van der Waals surface area contributed by atoms with Crippen LogP contribution in [0.25, 0.3) is 0 Å². The quantitative estimate of drug-likeness (QED) is 0.791. The molecule has 0 bridgehead atoms. The predicted molar refractivity (Wildman–Crippen MR) is 70.9 cm³/mol. The number of rotatable bonds is 7. The van der Waals surface area contributed by atoms with Crippen LogP contribution in [0.1, 0.15) is 39.2 Å². The van der Waals surface area contributed by atoms with E-state index in [0.717, 1.165) is 19.3 Å². The molecule has 1 aromatic heterocycles. The van der Waals surface area contributed by atoms with E-state index in [-0.39, 0.29) is 11.6 Å². The zero-order chi connectivity index (χ0) is 12.7. The topological polar surface area (TPSA) is 48.1 Å². The standard InChI is InChI=1S/C14H24N2O/c1-4-14(5-2,17-6-3)13(15)10-12-8-7-9-16-11-12/h7-9,11,13H,4-6,10,15H2,1-3H3. The summed E-state index contributed by atoms with van der Waals surface area (Å²) in [4.78, 5) is 4.12. The van der Waals surface area contributed by atoms with Gasteiger partial charge in [-0.2, -0.15) is 0 Å². The van der Waals surface area contributed by atoms with Gasteiger partial charge in [-0.1, -0.05) is 19.9 Å². The van der Waals surface area contributed by atoms with Crippen LogP contribution >= 0.6 is 0 Å². The molecule has 0 spiro atoms. The van der Waals surface area contributed by atoms with E-state index in [0.29, 0.717) is 6.61 Å². The Morgan fingerprint density at radius 2 is 2.06 bits per heavy atom. The largest absolute Gasteiger partial charge is 0.374 e. The fourth-order valence-electron chi connectivity index (χ4n) is 2.33. The first kappa shape index (κ1) is 14.1. The third kappa shape index (κ3) is 3.51. The summed E-state index contributed by atoms with van der Waals surface area (Å²) in [5, 5.41) is 0. The lowest BCUT2D eigenvalue weighted by atomic mass is 9.85. The summed E-state index contributed by atoms with van der Waals surface area (Å²) < 4.78 is 5.92. The monoisotopic (exact) mass is 236 g/mol. The van der Waals surface area contributed by atoms with E-state index in [9.17, 15) is 0 Å². The minimum absolute atomic E-state index is 0.0154. The fraction of sp³-hybridized carbons (Fsp3) is 0.643. The maximum atomic E-state index is 6.34. The lowest BCUT2D eigenvalue weighted by Gasteiger charge is -2.37. The number of nitrogens with zero attached hydrogens (tertiary/aromatic N) is 1. The maximum Gasteiger partial charge on any atom is 0.0830 e. The SMILES string of the molecule is CCOC(CC)(CC)C(N)Cc1cccnc1. The molecular weight excluding hydrogens is 212 g/mol. The maximum absolute atomic E-state index is 6.34. The van der Waals surface area contributed by atoms with Crippen LogP contribution in [0.2, 0.25) is 0 Å². The van der Waals surface area contributed by atoms with Crippen LogP contribution in [0, 0.1) is 0 Å². The highest BCUT2D eigenvalue weighted by molar-refractivity contribution is 5.12. The highest BCUT2D eigenvalue weighted by atomic mass is 16.5. The van der Waals surface area contributed by atoms with Gasteiger partial charge in [0.2, 0.25) is 0 Å². The van der Waals surface area contributed by atoms with Crippen LogP contribution < -0.4 is 5.73 Å². The Kier molecular flexibility index (Phi) is 5.59. The van der Waals surface area contributed by atoms with Crippen LogP contribution in [-0.4, -0.2) is 23.2 Å².